The Kier molecular flexibility index (Phi) is 5.93. The monoisotopic (exact) mass is 514 g/mol. The average Bonchev–Trinajstić information content (AvgIpc) is 2.97. The fourth-order valence-corrected chi connectivity index (χ4v) is 4.43. The molecule has 0 unspecified atom stereocenters. The largest absolute Gasteiger partial charge is 0.455 e. The van der Waals surface area contributed by atoms with Crippen molar-refractivity contribution in [3.8, 4) is 22.6 Å². The van der Waals surface area contributed by atoms with Crippen molar-refractivity contribution in [2.24, 2.45) is 0 Å². The van der Waals surface area contributed by atoms with Crippen molar-refractivity contribution < 1.29 is 23.2 Å². The molecule has 7 heteroatoms. The summed E-state index contributed by atoms with van der Waals surface area (Å²) in [5, 5.41) is 0.290. The topological polar surface area (TPSA) is 104 Å². The van der Waals surface area contributed by atoms with Gasteiger partial charge in [0.1, 0.15) is 11.2 Å². The Hall–Kier alpha value is -5.56. The fraction of sp³-hybridized carbons (Fsp3) is 0. The van der Waals surface area contributed by atoms with E-state index in [0.717, 1.165) is 0 Å². The van der Waals surface area contributed by atoms with Gasteiger partial charge >= 0.3 is 11.9 Å². The van der Waals surface area contributed by atoms with Crippen molar-refractivity contribution >= 4 is 33.9 Å². The number of carbonyl (C=O) groups excluding carboxylic acids is 2. The van der Waals surface area contributed by atoms with Gasteiger partial charge in [-0.2, -0.15) is 0 Å². The van der Waals surface area contributed by atoms with E-state index < -0.39 is 33.9 Å². The van der Waals surface area contributed by atoms with E-state index in [0.29, 0.717) is 11.1 Å². The van der Waals surface area contributed by atoms with E-state index in [1.54, 1.807) is 97.1 Å². The Labute approximate surface area is 220 Å². The summed E-state index contributed by atoms with van der Waals surface area (Å²) >= 11 is 0. The average molecular weight is 514 g/mol. The fourth-order valence-electron chi connectivity index (χ4n) is 4.43. The van der Waals surface area contributed by atoms with E-state index in [1.807, 2.05) is 0 Å². The lowest BCUT2D eigenvalue weighted by molar-refractivity contribution is 0.0395. The van der Waals surface area contributed by atoms with Gasteiger partial charge in [-0.15, -0.1) is 0 Å². The van der Waals surface area contributed by atoms with Crippen molar-refractivity contribution in [2.45, 2.75) is 0 Å². The second kappa shape index (κ2) is 9.72. The lowest BCUT2D eigenvalue weighted by Gasteiger charge is -2.11. The van der Waals surface area contributed by atoms with Crippen LogP contribution in [0.4, 0.5) is 0 Å². The highest BCUT2D eigenvalue weighted by Crippen LogP contribution is 2.29. The van der Waals surface area contributed by atoms with Gasteiger partial charge in [0.15, 0.2) is 22.6 Å². The summed E-state index contributed by atoms with van der Waals surface area (Å²) in [5.74, 6) is -2.59. The number of hydrogen-bond acceptors (Lipinski definition) is 7. The summed E-state index contributed by atoms with van der Waals surface area (Å²) in [6.07, 6.45) is 0. The zero-order chi connectivity index (χ0) is 26.9. The first-order chi connectivity index (χ1) is 19.0. The van der Waals surface area contributed by atoms with Gasteiger partial charge < -0.3 is 13.6 Å². The SMILES string of the molecule is O=C(OC(=O)c1c(-c2ccccc2)oc2ccccc2c1=O)c1c(-c2ccccc2)oc2ccccc2c1=O. The number of ether oxygens (including phenoxy) is 1. The molecule has 0 aliphatic heterocycles. The van der Waals surface area contributed by atoms with Crippen molar-refractivity contribution in [3.05, 3.63) is 141 Å². The standard InChI is InChI=1S/C32H18O7/c33-27-21-15-7-9-17-23(21)37-29(19-11-3-1-4-12-19)25(27)31(35)39-32(36)26-28(34)22-16-8-10-18-24(22)38-30(26)20-13-5-2-6-14-20/h1-18H. The molecule has 0 bridgehead atoms. The molecule has 0 radical (unpaired) electrons. The van der Waals surface area contributed by atoms with Crippen LogP contribution in [0, 0.1) is 0 Å². The van der Waals surface area contributed by atoms with Crippen LogP contribution >= 0.6 is 0 Å². The third-order valence-electron chi connectivity index (χ3n) is 6.26. The molecule has 188 valence electrons. The summed E-state index contributed by atoms with van der Waals surface area (Å²) in [4.78, 5) is 53.9. The highest BCUT2D eigenvalue weighted by Gasteiger charge is 2.30. The number of carbonyl (C=O) groups is 2. The van der Waals surface area contributed by atoms with E-state index >= 15 is 0 Å². The van der Waals surface area contributed by atoms with Crippen LogP contribution in [-0.2, 0) is 4.74 Å². The third kappa shape index (κ3) is 4.22. The molecule has 6 rings (SSSR count). The van der Waals surface area contributed by atoms with Gasteiger partial charge in [-0.3, -0.25) is 9.59 Å². The minimum atomic E-state index is -1.25. The van der Waals surface area contributed by atoms with Crippen LogP contribution in [-0.4, -0.2) is 11.9 Å². The van der Waals surface area contributed by atoms with Crippen molar-refractivity contribution in [1.29, 1.82) is 0 Å². The van der Waals surface area contributed by atoms with Gasteiger partial charge in [0.05, 0.1) is 10.8 Å². The molecule has 0 amide bonds. The molecule has 2 aromatic heterocycles. The molecule has 0 saturated heterocycles. The van der Waals surface area contributed by atoms with E-state index in [4.69, 9.17) is 13.6 Å². The predicted molar refractivity (Wildman–Crippen MR) is 146 cm³/mol. The number of esters is 2. The molecular weight excluding hydrogens is 496 g/mol. The Morgan fingerprint density at radius 1 is 0.487 bits per heavy atom. The molecule has 0 N–H and O–H groups in total. The number of para-hydroxylation sites is 2. The molecule has 6 aromatic rings. The summed E-state index contributed by atoms with van der Waals surface area (Å²) in [6, 6.07) is 30.0. The van der Waals surface area contributed by atoms with Crippen LogP contribution < -0.4 is 10.9 Å². The molecule has 0 aliphatic carbocycles. The Morgan fingerprint density at radius 3 is 1.26 bits per heavy atom. The highest BCUT2D eigenvalue weighted by molar-refractivity contribution is 6.09. The maximum Gasteiger partial charge on any atom is 0.353 e. The first-order valence-electron chi connectivity index (χ1n) is 12.0. The molecule has 0 aliphatic rings. The first kappa shape index (κ1) is 23.8. The molecule has 0 atom stereocenters. The molecular formula is C32H18O7. The molecule has 4 aromatic carbocycles. The summed E-state index contributed by atoms with van der Waals surface area (Å²) in [5.41, 5.74) is -0.828. The third-order valence-corrected chi connectivity index (χ3v) is 6.26. The smallest absolute Gasteiger partial charge is 0.353 e. The summed E-state index contributed by atoms with van der Waals surface area (Å²) in [6.45, 7) is 0. The van der Waals surface area contributed by atoms with E-state index in [2.05, 4.69) is 0 Å². The first-order valence-corrected chi connectivity index (χ1v) is 12.0. The van der Waals surface area contributed by atoms with E-state index in [9.17, 15) is 19.2 Å². The van der Waals surface area contributed by atoms with Crippen LogP contribution in [0.1, 0.15) is 20.7 Å². The van der Waals surface area contributed by atoms with Gasteiger partial charge in [-0.25, -0.2) is 9.59 Å². The summed E-state index contributed by atoms with van der Waals surface area (Å²) in [7, 11) is 0. The second-order valence-electron chi connectivity index (χ2n) is 8.67. The molecule has 2 heterocycles. The predicted octanol–water partition coefficient (Wildman–Crippen LogP) is 6.23. The molecule has 0 saturated carbocycles. The number of benzene rings is 4. The second-order valence-corrected chi connectivity index (χ2v) is 8.67. The molecule has 0 spiro atoms. The normalized spacial score (nSPS) is 11.0. The van der Waals surface area contributed by atoms with Gasteiger partial charge in [-0.05, 0) is 24.3 Å². The maximum absolute atomic E-state index is 13.5. The Balaban J connectivity index is 1.51. The lowest BCUT2D eigenvalue weighted by Crippen LogP contribution is -2.25. The number of fused-ring (bicyclic) bond motifs is 2. The molecule has 7 nitrogen and oxygen atoms in total. The highest BCUT2D eigenvalue weighted by atomic mass is 16.6. The minimum Gasteiger partial charge on any atom is -0.455 e. The van der Waals surface area contributed by atoms with E-state index in [1.165, 1.54) is 12.1 Å². The zero-order valence-corrected chi connectivity index (χ0v) is 20.3. The van der Waals surface area contributed by atoms with Crippen molar-refractivity contribution in [2.75, 3.05) is 0 Å². The molecule has 0 fully saturated rings. The van der Waals surface area contributed by atoms with Crippen LogP contribution in [0.2, 0.25) is 0 Å². The summed E-state index contributed by atoms with van der Waals surface area (Å²) < 4.78 is 17.1. The quantitative estimate of drug-likeness (QED) is 0.203. The Morgan fingerprint density at radius 2 is 0.846 bits per heavy atom. The zero-order valence-electron chi connectivity index (χ0n) is 20.3. The van der Waals surface area contributed by atoms with Crippen molar-refractivity contribution in [1.82, 2.24) is 0 Å². The Bertz CT molecular complexity index is 1860. The number of hydrogen-bond donors (Lipinski definition) is 0. The lowest BCUT2D eigenvalue weighted by atomic mass is 10.0. The maximum atomic E-state index is 13.5. The van der Waals surface area contributed by atoms with Crippen LogP contribution in [0.5, 0.6) is 0 Å². The minimum absolute atomic E-state index is 0.0501. The van der Waals surface area contributed by atoms with Crippen LogP contribution in [0.3, 0.4) is 0 Å². The van der Waals surface area contributed by atoms with Gasteiger partial charge in [0.25, 0.3) is 0 Å². The molecule has 39 heavy (non-hydrogen) atoms. The van der Waals surface area contributed by atoms with Gasteiger partial charge in [-0.1, -0.05) is 84.9 Å². The van der Waals surface area contributed by atoms with Crippen LogP contribution in [0.25, 0.3) is 44.6 Å². The van der Waals surface area contributed by atoms with Crippen molar-refractivity contribution in [3.63, 3.8) is 0 Å². The number of rotatable bonds is 4. The van der Waals surface area contributed by atoms with E-state index in [-0.39, 0.29) is 33.5 Å². The van der Waals surface area contributed by atoms with Crippen LogP contribution in [0.15, 0.2) is 128 Å². The van der Waals surface area contributed by atoms with Gasteiger partial charge in [0.2, 0.25) is 10.9 Å². The van der Waals surface area contributed by atoms with Gasteiger partial charge in [0, 0.05) is 11.1 Å².